The largest absolute Gasteiger partial charge is 0.377 e. The van der Waals surface area contributed by atoms with Crippen LogP contribution in [0.1, 0.15) is 46.0 Å². The van der Waals surface area contributed by atoms with Gasteiger partial charge in [0.05, 0.1) is 12.7 Å². The quantitative estimate of drug-likeness (QED) is 0.665. The molecule has 102 valence electrons. The number of halogens is 1. The minimum Gasteiger partial charge on any atom is -0.377 e. The molecule has 0 saturated heterocycles. The van der Waals surface area contributed by atoms with Crippen molar-refractivity contribution >= 4 is 15.9 Å². The maximum Gasteiger partial charge on any atom is 0.0596 e. The van der Waals surface area contributed by atoms with E-state index < -0.39 is 0 Å². The molecule has 1 fully saturated rings. The third-order valence-electron chi connectivity index (χ3n) is 3.73. The highest BCUT2D eigenvalue weighted by atomic mass is 79.9. The third-order valence-corrected chi connectivity index (χ3v) is 4.92. The molecule has 1 rings (SSSR count). The fourth-order valence-electron chi connectivity index (χ4n) is 2.73. The van der Waals surface area contributed by atoms with E-state index in [1.165, 1.54) is 38.6 Å². The SMILES string of the molecule is CC(C)OCCN(C)CC1(CBr)CCCCC1. The summed E-state index contributed by atoms with van der Waals surface area (Å²) in [5.41, 5.74) is 0.519. The molecule has 1 aliphatic carbocycles. The maximum atomic E-state index is 5.61. The van der Waals surface area contributed by atoms with Crippen molar-refractivity contribution in [1.29, 1.82) is 0 Å². The van der Waals surface area contributed by atoms with Gasteiger partial charge in [-0.05, 0) is 39.2 Å². The van der Waals surface area contributed by atoms with Crippen molar-refractivity contribution in [2.45, 2.75) is 52.1 Å². The van der Waals surface area contributed by atoms with Gasteiger partial charge in [0.1, 0.15) is 0 Å². The first-order chi connectivity index (χ1) is 8.08. The van der Waals surface area contributed by atoms with Crippen molar-refractivity contribution in [2.24, 2.45) is 5.41 Å². The molecule has 17 heavy (non-hydrogen) atoms. The molecule has 0 aromatic carbocycles. The Morgan fingerprint density at radius 1 is 1.24 bits per heavy atom. The Bertz CT molecular complexity index is 202. The van der Waals surface area contributed by atoms with Crippen molar-refractivity contribution in [1.82, 2.24) is 4.90 Å². The van der Waals surface area contributed by atoms with E-state index >= 15 is 0 Å². The molecule has 1 saturated carbocycles. The highest BCUT2D eigenvalue weighted by Gasteiger charge is 2.31. The van der Waals surface area contributed by atoms with Crippen LogP contribution in [0.2, 0.25) is 0 Å². The molecule has 0 unspecified atom stereocenters. The van der Waals surface area contributed by atoms with Gasteiger partial charge in [0.2, 0.25) is 0 Å². The van der Waals surface area contributed by atoms with Crippen LogP contribution in [0.3, 0.4) is 0 Å². The van der Waals surface area contributed by atoms with Crippen LogP contribution in [0.5, 0.6) is 0 Å². The fraction of sp³-hybridized carbons (Fsp3) is 1.00. The average Bonchev–Trinajstić information content (AvgIpc) is 2.29. The first kappa shape index (κ1) is 15.5. The average molecular weight is 306 g/mol. The predicted octanol–water partition coefficient (Wildman–Crippen LogP) is 3.69. The van der Waals surface area contributed by atoms with Crippen LogP contribution in [0.25, 0.3) is 0 Å². The van der Waals surface area contributed by atoms with Crippen LogP contribution < -0.4 is 0 Å². The van der Waals surface area contributed by atoms with Crippen LogP contribution in [0.15, 0.2) is 0 Å². The standard InChI is InChI=1S/C14H28BrNO/c1-13(2)17-10-9-16(3)12-14(11-15)7-5-4-6-8-14/h13H,4-12H2,1-3H3. The maximum absolute atomic E-state index is 5.61. The second kappa shape index (κ2) is 7.75. The van der Waals surface area contributed by atoms with Gasteiger partial charge in [0.25, 0.3) is 0 Å². The van der Waals surface area contributed by atoms with Crippen LogP contribution in [0, 0.1) is 5.41 Å². The molecule has 0 N–H and O–H groups in total. The van der Waals surface area contributed by atoms with Gasteiger partial charge in [-0.1, -0.05) is 35.2 Å². The normalized spacial score (nSPS) is 20.1. The molecular formula is C14H28BrNO. The van der Waals surface area contributed by atoms with Crippen LogP contribution in [-0.4, -0.2) is 43.1 Å². The van der Waals surface area contributed by atoms with Crippen LogP contribution in [-0.2, 0) is 4.74 Å². The number of hydrogen-bond acceptors (Lipinski definition) is 2. The summed E-state index contributed by atoms with van der Waals surface area (Å²) in [6.07, 6.45) is 7.35. The molecule has 0 spiro atoms. The lowest BCUT2D eigenvalue weighted by atomic mass is 9.75. The van der Waals surface area contributed by atoms with Crippen LogP contribution >= 0.6 is 15.9 Å². The highest BCUT2D eigenvalue weighted by Crippen LogP contribution is 2.38. The van der Waals surface area contributed by atoms with E-state index in [9.17, 15) is 0 Å². The Balaban J connectivity index is 2.29. The van der Waals surface area contributed by atoms with Crippen LogP contribution in [0.4, 0.5) is 0 Å². The Morgan fingerprint density at radius 2 is 1.88 bits per heavy atom. The van der Waals surface area contributed by atoms with Gasteiger partial charge in [0.15, 0.2) is 0 Å². The van der Waals surface area contributed by atoms with E-state index in [1.54, 1.807) is 0 Å². The van der Waals surface area contributed by atoms with Crippen molar-refractivity contribution in [2.75, 3.05) is 32.1 Å². The lowest BCUT2D eigenvalue weighted by Gasteiger charge is -2.39. The zero-order valence-corrected chi connectivity index (χ0v) is 13.3. The summed E-state index contributed by atoms with van der Waals surface area (Å²) in [6.45, 7) is 7.31. The molecule has 2 nitrogen and oxygen atoms in total. The van der Waals surface area contributed by atoms with E-state index in [0.717, 1.165) is 18.5 Å². The Kier molecular flexibility index (Phi) is 7.05. The zero-order valence-electron chi connectivity index (χ0n) is 11.7. The van der Waals surface area contributed by atoms with Gasteiger partial charge >= 0.3 is 0 Å². The minimum atomic E-state index is 0.350. The lowest BCUT2D eigenvalue weighted by Crippen LogP contribution is -2.40. The summed E-state index contributed by atoms with van der Waals surface area (Å²) >= 11 is 3.73. The zero-order chi connectivity index (χ0) is 12.7. The first-order valence-electron chi connectivity index (χ1n) is 6.94. The molecule has 0 radical (unpaired) electrons. The Hall–Kier alpha value is 0.400. The summed E-state index contributed by atoms with van der Waals surface area (Å²) in [5.74, 6) is 0. The van der Waals surface area contributed by atoms with Crippen molar-refractivity contribution < 1.29 is 4.74 Å². The molecule has 0 aromatic rings. The highest BCUT2D eigenvalue weighted by molar-refractivity contribution is 9.09. The molecule has 0 heterocycles. The molecule has 0 aliphatic heterocycles. The predicted molar refractivity (Wildman–Crippen MR) is 77.9 cm³/mol. The van der Waals surface area contributed by atoms with Crippen molar-refractivity contribution in [3.05, 3.63) is 0 Å². The second-order valence-electron chi connectivity index (χ2n) is 5.85. The van der Waals surface area contributed by atoms with Gasteiger partial charge in [0, 0.05) is 18.4 Å². The molecule has 3 heteroatoms. The number of rotatable bonds is 7. The number of likely N-dealkylation sites (N-methyl/N-ethyl adjacent to an activating group) is 1. The molecule has 0 bridgehead atoms. The van der Waals surface area contributed by atoms with E-state index in [4.69, 9.17) is 4.74 Å². The number of hydrogen-bond donors (Lipinski definition) is 0. The molecular weight excluding hydrogens is 278 g/mol. The van der Waals surface area contributed by atoms with E-state index in [1.807, 2.05) is 0 Å². The van der Waals surface area contributed by atoms with E-state index in [-0.39, 0.29) is 0 Å². The molecule has 0 amide bonds. The summed E-state index contributed by atoms with van der Waals surface area (Å²) < 4.78 is 5.61. The summed E-state index contributed by atoms with van der Waals surface area (Å²) in [4.78, 5) is 2.44. The molecule has 0 atom stereocenters. The molecule has 1 aliphatic rings. The third kappa shape index (κ3) is 5.71. The Labute approximate surface area is 115 Å². The van der Waals surface area contributed by atoms with Gasteiger partial charge < -0.3 is 9.64 Å². The van der Waals surface area contributed by atoms with Gasteiger partial charge in [-0.3, -0.25) is 0 Å². The second-order valence-corrected chi connectivity index (χ2v) is 6.41. The van der Waals surface area contributed by atoms with Crippen molar-refractivity contribution in [3.8, 4) is 0 Å². The topological polar surface area (TPSA) is 12.5 Å². The fourth-order valence-corrected chi connectivity index (χ4v) is 3.47. The Morgan fingerprint density at radius 3 is 2.41 bits per heavy atom. The summed E-state index contributed by atoms with van der Waals surface area (Å²) in [7, 11) is 2.22. The van der Waals surface area contributed by atoms with Gasteiger partial charge in [-0.2, -0.15) is 0 Å². The first-order valence-corrected chi connectivity index (χ1v) is 8.06. The summed E-state index contributed by atoms with van der Waals surface area (Å²) in [6, 6.07) is 0. The monoisotopic (exact) mass is 305 g/mol. The van der Waals surface area contributed by atoms with Gasteiger partial charge in [-0.15, -0.1) is 0 Å². The lowest BCUT2D eigenvalue weighted by molar-refractivity contribution is 0.0520. The van der Waals surface area contributed by atoms with Gasteiger partial charge in [-0.25, -0.2) is 0 Å². The van der Waals surface area contributed by atoms with E-state index in [0.29, 0.717) is 11.5 Å². The smallest absolute Gasteiger partial charge is 0.0596 e. The number of ether oxygens (including phenoxy) is 1. The summed E-state index contributed by atoms with van der Waals surface area (Å²) in [5, 5.41) is 1.15. The van der Waals surface area contributed by atoms with Crippen molar-refractivity contribution in [3.63, 3.8) is 0 Å². The number of nitrogens with zero attached hydrogens (tertiary/aromatic N) is 1. The van der Waals surface area contributed by atoms with E-state index in [2.05, 4.69) is 41.7 Å². The number of alkyl halides is 1. The molecule has 0 aromatic heterocycles. The minimum absolute atomic E-state index is 0.350.